The lowest BCUT2D eigenvalue weighted by molar-refractivity contribution is 0.599. The van der Waals surface area contributed by atoms with Gasteiger partial charge in [0.1, 0.15) is 0 Å². The Kier molecular flexibility index (Phi) is 5.31. The van der Waals surface area contributed by atoms with Gasteiger partial charge in [0.25, 0.3) is 0 Å². The van der Waals surface area contributed by atoms with Crippen LogP contribution < -0.4 is 15.5 Å². The van der Waals surface area contributed by atoms with Gasteiger partial charge in [-0.15, -0.1) is 0 Å². The third kappa shape index (κ3) is 4.54. The minimum atomic E-state index is 0.614. The van der Waals surface area contributed by atoms with E-state index in [9.17, 15) is 0 Å². The molecule has 5 heteroatoms. The van der Waals surface area contributed by atoms with Crippen molar-refractivity contribution in [3.8, 4) is 0 Å². The summed E-state index contributed by atoms with van der Waals surface area (Å²) < 4.78 is 0. The normalized spacial score (nSPS) is 21.6. The van der Waals surface area contributed by atoms with Gasteiger partial charge < -0.3 is 15.5 Å². The van der Waals surface area contributed by atoms with E-state index >= 15 is 0 Å². The van der Waals surface area contributed by atoms with Crippen molar-refractivity contribution >= 4 is 23.2 Å². The molecule has 126 valence electrons. The molecule has 2 fully saturated rings. The zero-order valence-electron chi connectivity index (χ0n) is 14.1. The van der Waals surface area contributed by atoms with Crippen molar-refractivity contribution in [1.29, 1.82) is 0 Å². The van der Waals surface area contributed by atoms with Crippen molar-refractivity contribution in [3.63, 3.8) is 0 Å². The van der Waals surface area contributed by atoms with E-state index < -0.39 is 0 Å². The smallest absolute Gasteiger partial charge is 0.191 e. The molecule has 2 N–H and O–H groups in total. The molecule has 1 saturated heterocycles. The van der Waals surface area contributed by atoms with Gasteiger partial charge in [-0.1, -0.05) is 17.7 Å². The fraction of sp³-hybridized carbons (Fsp3) is 0.611. The predicted molar refractivity (Wildman–Crippen MR) is 98.6 cm³/mol. The summed E-state index contributed by atoms with van der Waals surface area (Å²) in [6.45, 7) is 8.22. The topological polar surface area (TPSA) is 39.7 Å². The minimum Gasteiger partial charge on any atom is -0.371 e. The van der Waals surface area contributed by atoms with Crippen molar-refractivity contribution in [1.82, 2.24) is 10.6 Å². The highest BCUT2D eigenvalue weighted by molar-refractivity contribution is 6.30. The number of guanidine groups is 1. The second-order valence-corrected chi connectivity index (χ2v) is 7.11. The molecule has 1 aromatic carbocycles. The SMILES string of the molecule is CCNC(=NCC1CCN(c2cc(Cl)ccc2C)C1)NC1CC1. The summed E-state index contributed by atoms with van der Waals surface area (Å²) in [5.41, 5.74) is 2.56. The summed E-state index contributed by atoms with van der Waals surface area (Å²) >= 11 is 6.16. The molecule has 2 aliphatic rings. The molecule has 0 bridgehead atoms. The number of halogens is 1. The van der Waals surface area contributed by atoms with E-state index in [0.29, 0.717) is 12.0 Å². The lowest BCUT2D eigenvalue weighted by Gasteiger charge is -2.21. The van der Waals surface area contributed by atoms with Gasteiger partial charge in [0.05, 0.1) is 0 Å². The Labute approximate surface area is 144 Å². The molecule has 0 amide bonds. The zero-order chi connectivity index (χ0) is 16.2. The molecule has 1 heterocycles. The van der Waals surface area contributed by atoms with Gasteiger partial charge in [0.15, 0.2) is 5.96 Å². The molecule has 4 nitrogen and oxygen atoms in total. The van der Waals surface area contributed by atoms with E-state index in [-0.39, 0.29) is 0 Å². The van der Waals surface area contributed by atoms with E-state index in [0.717, 1.165) is 37.2 Å². The predicted octanol–water partition coefficient (Wildman–Crippen LogP) is 3.19. The molecule has 3 rings (SSSR count). The van der Waals surface area contributed by atoms with Gasteiger partial charge in [-0.05, 0) is 56.7 Å². The molecule has 1 atom stereocenters. The Morgan fingerprint density at radius 2 is 2.17 bits per heavy atom. The van der Waals surface area contributed by atoms with Crippen molar-refractivity contribution < 1.29 is 0 Å². The third-order valence-electron chi connectivity index (χ3n) is 4.57. The van der Waals surface area contributed by atoms with Gasteiger partial charge in [-0.25, -0.2) is 0 Å². The Morgan fingerprint density at radius 1 is 1.35 bits per heavy atom. The van der Waals surface area contributed by atoms with Crippen molar-refractivity contribution in [2.24, 2.45) is 10.9 Å². The highest BCUT2D eigenvalue weighted by Crippen LogP contribution is 2.29. The average Bonchev–Trinajstić information content (AvgIpc) is 3.22. The Hall–Kier alpha value is -1.42. The van der Waals surface area contributed by atoms with Crippen molar-refractivity contribution in [2.75, 3.05) is 31.1 Å². The monoisotopic (exact) mass is 334 g/mol. The van der Waals surface area contributed by atoms with Crippen LogP contribution >= 0.6 is 11.6 Å². The maximum Gasteiger partial charge on any atom is 0.191 e. The van der Waals surface area contributed by atoms with E-state index in [1.807, 2.05) is 6.07 Å². The lowest BCUT2D eigenvalue weighted by Crippen LogP contribution is -2.39. The average molecular weight is 335 g/mol. The van der Waals surface area contributed by atoms with Gasteiger partial charge >= 0.3 is 0 Å². The molecule has 1 unspecified atom stereocenters. The Bertz CT molecular complexity index is 568. The van der Waals surface area contributed by atoms with E-state index in [4.69, 9.17) is 16.6 Å². The van der Waals surface area contributed by atoms with Crippen LogP contribution in [0.4, 0.5) is 5.69 Å². The second-order valence-electron chi connectivity index (χ2n) is 6.67. The van der Waals surface area contributed by atoms with Crippen molar-refractivity contribution in [2.45, 2.75) is 39.2 Å². The van der Waals surface area contributed by atoms with Gasteiger partial charge in [-0.2, -0.15) is 0 Å². The highest BCUT2D eigenvalue weighted by Gasteiger charge is 2.25. The fourth-order valence-corrected chi connectivity index (χ4v) is 3.25. The summed E-state index contributed by atoms with van der Waals surface area (Å²) in [4.78, 5) is 7.23. The molecule has 23 heavy (non-hydrogen) atoms. The first-order valence-electron chi connectivity index (χ1n) is 8.71. The molecule has 0 aromatic heterocycles. The molecule has 1 aromatic rings. The van der Waals surface area contributed by atoms with Crippen LogP contribution in [-0.4, -0.2) is 38.2 Å². The molecule has 1 aliphatic carbocycles. The molecule has 1 aliphatic heterocycles. The summed E-state index contributed by atoms with van der Waals surface area (Å²) in [6.07, 6.45) is 3.74. The first-order chi connectivity index (χ1) is 11.2. The number of aryl methyl sites for hydroxylation is 1. The summed E-state index contributed by atoms with van der Waals surface area (Å²) in [5, 5.41) is 7.64. The van der Waals surface area contributed by atoms with Crippen LogP contribution in [-0.2, 0) is 0 Å². The summed E-state index contributed by atoms with van der Waals surface area (Å²) in [7, 11) is 0. The van der Waals surface area contributed by atoms with Gasteiger partial charge in [0.2, 0.25) is 0 Å². The summed E-state index contributed by atoms with van der Waals surface area (Å²) in [5.74, 6) is 1.59. The van der Waals surface area contributed by atoms with Gasteiger partial charge in [0, 0.05) is 42.9 Å². The molecular formula is C18H27ClN4. The number of rotatable bonds is 5. The number of hydrogen-bond acceptors (Lipinski definition) is 2. The van der Waals surface area contributed by atoms with E-state index in [1.54, 1.807) is 0 Å². The number of nitrogens with one attached hydrogen (secondary N) is 2. The largest absolute Gasteiger partial charge is 0.371 e. The van der Waals surface area contributed by atoms with Crippen LogP contribution in [0.2, 0.25) is 5.02 Å². The molecular weight excluding hydrogens is 308 g/mol. The summed E-state index contributed by atoms with van der Waals surface area (Å²) in [6, 6.07) is 6.79. The fourth-order valence-electron chi connectivity index (χ4n) is 3.09. The van der Waals surface area contributed by atoms with Crippen LogP contribution in [0.3, 0.4) is 0 Å². The number of aliphatic imine (C=N–C) groups is 1. The maximum absolute atomic E-state index is 6.16. The number of hydrogen-bond donors (Lipinski definition) is 2. The number of nitrogens with zero attached hydrogens (tertiary/aromatic N) is 2. The standard InChI is InChI=1S/C18H27ClN4/c1-3-20-18(22-16-6-7-16)21-11-14-8-9-23(12-14)17-10-15(19)5-4-13(17)2/h4-5,10,14,16H,3,6-9,11-12H2,1-2H3,(H2,20,21,22). The Balaban J connectivity index is 1.57. The van der Waals surface area contributed by atoms with Crippen molar-refractivity contribution in [3.05, 3.63) is 28.8 Å². The van der Waals surface area contributed by atoms with Gasteiger partial charge in [-0.3, -0.25) is 4.99 Å². The number of benzene rings is 1. The quantitative estimate of drug-likeness (QED) is 0.641. The minimum absolute atomic E-state index is 0.614. The Morgan fingerprint density at radius 3 is 2.91 bits per heavy atom. The molecule has 0 spiro atoms. The maximum atomic E-state index is 6.16. The first-order valence-corrected chi connectivity index (χ1v) is 9.09. The molecule has 1 saturated carbocycles. The zero-order valence-corrected chi connectivity index (χ0v) is 14.9. The van der Waals surface area contributed by atoms with Crippen LogP contribution in [0.5, 0.6) is 0 Å². The first kappa shape index (κ1) is 16.4. The van der Waals surface area contributed by atoms with E-state index in [1.165, 1.54) is 30.5 Å². The van der Waals surface area contributed by atoms with E-state index in [2.05, 4.69) is 41.5 Å². The van der Waals surface area contributed by atoms with Crippen LogP contribution in [0.25, 0.3) is 0 Å². The third-order valence-corrected chi connectivity index (χ3v) is 4.80. The highest BCUT2D eigenvalue weighted by atomic mass is 35.5. The van der Waals surface area contributed by atoms with Crippen LogP contribution in [0.15, 0.2) is 23.2 Å². The second kappa shape index (κ2) is 7.43. The number of anilines is 1. The molecule has 0 radical (unpaired) electrons. The lowest BCUT2D eigenvalue weighted by atomic mass is 10.1. The van der Waals surface area contributed by atoms with Crippen LogP contribution in [0, 0.1) is 12.8 Å². The van der Waals surface area contributed by atoms with Crippen LogP contribution in [0.1, 0.15) is 31.7 Å².